The van der Waals surface area contributed by atoms with Gasteiger partial charge in [0, 0.05) is 4.47 Å². The van der Waals surface area contributed by atoms with Crippen LogP contribution in [0.25, 0.3) is 6.08 Å². The summed E-state index contributed by atoms with van der Waals surface area (Å²) in [7, 11) is 0. The smallest absolute Gasteiger partial charge is 0.266 e. The number of nitrogens with one attached hydrogen (secondary N) is 1. The van der Waals surface area contributed by atoms with E-state index in [1.165, 1.54) is 6.08 Å². The molecule has 0 aliphatic heterocycles. The number of hydrogen-bond donors (Lipinski definition) is 1. The molecule has 3 rings (SSSR count). The zero-order valence-electron chi connectivity index (χ0n) is 17.6. The van der Waals surface area contributed by atoms with E-state index in [2.05, 4.69) is 21.2 Å². The maximum atomic E-state index is 12.6. The summed E-state index contributed by atoms with van der Waals surface area (Å²) in [4.78, 5) is 12.6. The van der Waals surface area contributed by atoms with Gasteiger partial charge in [-0.1, -0.05) is 63.4 Å². The number of halogens is 3. The average molecular weight is 546 g/mol. The van der Waals surface area contributed by atoms with E-state index in [9.17, 15) is 10.1 Å². The van der Waals surface area contributed by atoms with E-state index in [1.807, 2.05) is 37.3 Å². The predicted molar refractivity (Wildman–Crippen MR) is 135 cm³/mol. The summed E-state index contributed by atoms with van der Waals surface area (Å²) in [6.07, 6.45) is 1.46. The van der Waals surface area contributed by atoms with Crippen molar-refractivity contribution in [3.05, 3.63) is 91.9 Å². The number of anilines is 1. The van der Waals surface area contributed by atoms with Crippen molar-refractivity contribution in [2.75, 3.05) is 11.9 Å². The molecule has 0 fully saturated rings. The minimum Gasteiger partial charge on any atom is -0.490 e. The van der Waals surface area contributed by atoms with Crippen LogP contribution in [0.15, 0.2) is 70.7 Å². The van der Waals surface area contributed by atoms with Gasteiger partial charge in [0.05, 0.1) is 22.3 Å². The molecule has 0 spiro atoms. The van der Waals surface area contributed by atoms with Gasteiger partial charge in [0.2, 0.25) is 0 Å². The van der Waals surface area contributed by atoms with Gasteiger partial charge in [0.25, 0.3) is 5.91 Å². The molecule has 33 heavy (non-hydrogen) atoms. The number of ether oxygens (including phenoxy) is 2. The van der Waals surface area contributed by atoms with Gasteiger partial charge < -0.3 is 14.8 Å². The minimum atomic E-state index is -0.624. The van der Waals surface area contributed by atoms with Gasteiger partial charge in [-0.15, -0.1) is 0 Å². The number of nitriles is 1. The Kier molecular flexibility index (Phi) is 8.79. The Hall–Kier alpha value is -2.98. The van der Waals surface area contributed by atoms with Crippen molar-refractivity contribution in [1.82, 2.24) is 0 Å². The molecule has 3 aromatic carbocycles. The zero-order chi connectivity index (χ0) is 23.8. The van der Waals surface area contributed by atoms with Crippen LogP contribution in [-0.4, -0.2) is 12.5 Å². The molecule has 0 aliphatic rings. The van der Waals surface area contributed by atoms with Crippen molar-refractivity contribution >= 4 is 56.8 Å². The zero-order valence-corrected chi connectivity index (χ0v) is 20.7. The van der Waals surface area contributed by atoms with Crippen LogP contribution < -0.4 is 14.8 Å². The van der Waals surface area contributed by atoms with Gasteiger partial charge in [-0.05, 0) is 60.5 Å². The molecule has 0 saturated heterocycles. The maximum absolute atomic E-state index is 12.6. The lowest BCUT2D eigenvalue weighted by Gasteiger charge is -2.13. The third-order valence-electron chi connectivity index (χ3n) is 4.45. The third-order valence-corrected chi connectivity index (χ3v) is 5.61. The van der Waals surface area contributed by atoms with E-state index in [1.54, 1.807) is 36.4 Å². The highest BCUT2D eigenvalue weighted by Crippen LogP contribution is 2.32. The molecule has 8 heteroatoms. The molecule has 0 bridgehead atoms. The first-order chi connectivity index (χ1) is 15.9. The Balaban J connectivity index is 1.80. The van der Waals surface area contributed by atoms with Gasteiger partial charge in [-0.3, -0.25) is 4.79 Å². The quantitative estimate of drug-likeness (QED) is 0.238. The monoisotopic (exact) mass is 544 g/mol. The van der Waals surface area contributed by atoms with E-state index in [0.29, 0.717) is 30.3 Å². The largest absolute Gasteiger partial charge is 0.490 e. The fourth-order valence-electron chi connectivity index (χ4n) is 2.86. The average Bonchev–Trinajstić information content (AvgIpc) is 2.80. The highest BCUT2D eigenvalue weighted by molar-refractivity contribution is 9.10. The van der Waals surface area contributed by atoms with Crippen LogP contribution in [0.2, 0.25) is 10.0 Å². The van der Waals surface area contributed by atoms with Crippen LogP contribution in [0.3, 0.4) is 0 Å². The Labute approximate surface area is 210 Å². The fourth-order valence-corrected chi connectivity index (χ4v) is 3.61. The van der Waals surface area contributed by atoms with Crippen LogP contribution in [0.1, 0.15) is 18.1 Å². The number of carbonyl (C=O) groups excluding carboxylic acids is 1. The van der Waals surface area contributed by atoms with Gasteiger partial charge in [-0.2, -0.15) is 5.26 Å². The molecule has 0 saturated carbocycles. The molecule has 168 valence electrons. The number of nitrogens with zero attached hydrogens (tertiary/aromatic N) is 1. The molecule has 0 heterocycles. The fraction of sp³-hybridized carbons (Fsp3) is 0.120. The summed E-state index contributed by atoms with van der Waals surface area (Å²) in [6, 6.07) is 19.8. The summed E-state index contributed by atoms with van der Waals surface area (Å²) < 4.78 is 12.6. The minimum absolute atomic E-state index is 0.114. The summed E-state index contributed by atoms with van der Waals surface area (Å²) in [5.74, 6) is 0.443. The van der Waals surface area contributed by atoms with Gasteiger partial charge in [0.1, 0.15) is 18.2 Å². The van der Waals surface area contributed by atoms with Crippen molar-refractivity contribution in [3.63, 3.8) is 0 Å². The van der Waals surface area contributed by atoms with Crippen LogP contribution in [0.4, 0.5) is 5.69 Å². The first kappa shape index (κ1) is 24.7. The SMILES string of the molecule is CCOc1cc(/C=C(\C#N)C(=O)Nc2c(Cl)cccc2Cl)ccc1OCc1ccc(Br)cc1. The van der Waals surface area contributed by atoms with E-state index in [0.717, 1.165) is 10.0 Å². The Morgan fingerprint density at radius 1 is 1.06 bits per heavy atom. The summed E-state index contributed by atoms with van der Waals surface area (Å²) in [6.45, 7) is 2.66. The van der Waals surface area contributed by atoms with E-state index in [4.69, 9.17) is 32.7 Å². The van der Waals surface area contributed by atoms with Crippen molar-refractivity contribution in [2.24, 2.45) is 0 Å². The number of para-hydroxylation sites is 1. The number of benzene rings is 3. The number of carbonyl (C=O) groups is 1. The van der Waals surface area contributed by atoms with E-state index in [-0.39, 0.29) is 21.3 Å². The first-order valence-electron chi connectivity index (χ1n) is 9.92. The van der Waals surface area contributed by atoms with E-state index < -0.39 is 5.91 Å². The molecule has 0 atom stereocenters. The lowest BCUT2D eigenvalue weighted by Crippen LogP contribution is -2.14. The Bertz CT molecular complexity index is 1200. The summed E-state index contributed by atoms with van der Waals surface area (Å²) in [5.41, 5.74) is 1.74. The second kappa shape index (κ2) is 11.8. The van der Waals surface area contributed by atoms with Crippen molar-refractivity contribution < 1.29 is 14.3 Å². The highest BCUT2D eigenvalue weighted by Gasteiger charge is 2.15. The van der Waals surface area contributed by atoms with Gasteiger partial charge in [-0.25, -0.2) is 0 Å². The van der Waals surface area contributed by atoms with Crippen LogP contribution in [0.5, 0.6) is 11.5 Å². The maximum Gasteiger partial charge on any atom is 0.266 e. The number of amides is 1. The summed E-state index contributed by atoms with van der Waals surface area (Å²) >= 11 is 15.6. The van der Waals surface area contributed by atoms with Gasteiger partial charge in [0.15, 0.2) is 11.5 Å². The molecule has 5 nitrogen and oxygen atoms in total. The molecule has 1 amide bonds. The molecular weight excluding hydrogens is 527 g/mol. The number of rotatable bonds is 8. The van der Waals surface area contributed by atoms with Crippen LogP contribution >= 0.6 is 39.1 Å². The van der Waals surface area contributed by atoms with Crippen LogP contribution in [0, 0.1) is 11.3 Å². The summed E-state index contributed by atoms with van der Waals surface area (Å²) in [5, 5.41) is 12.7. The molecule has 0 aromatic heterocycles. The molecule has 0 unspecified atom stereocenters. The van der Waals surface area contributed by atoms with Crippen molar-refractivity contribution in [2.45, 2.75) is 13.5 Å². The molecular formula is C25H19BrCl2N2O3. The lowest BCUT2D eigenvalue weighted by molar-refractivity contribution is -0.112. The molecule has 3 aromatic rings. The predicted octanol–water partition coefficient (Wildman–Crippen LogP) is 7.28. The standard InChI is InChI=1S/C25H19BrCl2N2O3/c1-2-32-23-13-17(8-11-22(23)33-15-16-6-9-19(26)10-7-16)12-18(14-29)25(31)30-24-20(27)4-3-5-21(24)28/h3-13H,2,15H2,1H3,(H,30,31)/b18-12+. The van der Waals surface area contributed by atoms with E-state index >= 15 is 0 Å². The molecule has 0 radical (unpaired) electrons. The lowest BCUT2D eigenvalue weighted by atomic mass is 10.1. The normalized spacial score (nSPS) is 10.9. The molecule has 0 aliphatic carbocycles. The second-order valence-corrected chi connectivity index (χ2v) is 8.51. The first-order valence-corrected chi connectivity index (χ1v) is 11.5. The second-order valence-electron chi connectivity index (χ2n) is 6.77. The van der Waals surface area contributed by atoms with Gasteiger partial charge >= 0.3 is 0 Å². The topological polar surface area (TPSA) is 71.3 Å². The van der Waals surface area contributed by atoms with Crippen molar-refractivity contribution in [1.29, 1.82) is 5.26 Å². The Morgan fingerprint density at radius 3 is 2.39 bits per heavy atom. The van der Waals surface area contributed by atoms with Crippen LogP contribution in [-0.2, 0) is 11.4 Å². The number of hydrogen-bond acceptors (Lipinski definition) is 4. The molecule has 1 N–H and O–H groups in total. The highest BCUT2D eigenvalue weighted by atomic mass is 79.9. The third kappa shape index (κ3) is 6.75. The Morgan fingerprint density at radius 2 is 1.76 bits per heavy atom. The van der Waals surface area contributed by atoms with Crippen molar-refractivity contribution in [3.8, 4) is 17.6 Å².